The third kappa shape index (κ3) is 7.04. The molecule has 1 aromatic heterocycles. The Labute approximate surface area is 194 Å². The summed E-state index contributed by atoms with van der Waals surface area (Å²) >= 11 is 0. The molecule has 176 valence electrons. The minimum atomic E-state index is -0.940. The molecular formula is C26H32FN3O3. The number of aliphatic hydroxyl groups is 1. The number of likely N-dealkylation sites (tertiary alicyclic amines) is 1. The molecule has 1 aliphatic rings. The zero-order valence-electron chi connectivity index (χ0n) is 18.9. The summed E-state index contributed by atoms with van der Waals surface area (Å²) in [6, 6.07) is 16.5. The Morgan fingerprint density at radius 2 is 1.85 bits per heavy atom. The van der Waals surface area contributed by atoms with E-state index in [1.165, 1.54) is 11.6 Å². The van der Waals surface area contributed by atoms with Crippen LogP contribution < -0.4 is 9.47 Å². The summed E-state index contributed by atoms with van der Waals surface area (Å²) in [7, 11) is 0. The van der Waals surface area contributed by atoms with Crippen LogP contribution in [0.1, 0.15) is 31.2 Å². The lowest BCUT2D eigenvalue weighted by Crippen LogP contribution is -2.37. The topological polar surface area (TPSA) is 59.8 Å². The first-order valence-corrected chi connectivity index (χ1v) is 11.6. The van der Waals surface area contributed by atoms with Crippen LogP contribution >= 0.6 is 0 Å². The van der Waals surface area contributed by atoms with E-state index in [1.54, 1.807) is 24.4 Å². The maximum atomic E-state index is 13.8. The first-order valence-electron chi connectivity index (χ1n) is 11.6. The van der Waals surface area contributed by atoms with Crippen molar-refractivity contribution >= 4 is 0 Å². The average Bonchev–Trinajstić information content (AvgIpc) is 3.27. The van der Waals surface area contributed by atoms with Gasteiger partial charge in [0.2, 0.25) is 0 Å². The maximum absolute atomic E-state index is 13.8. The van der Waals surface area contributed by atoms with Gasteiger partial charge in [-0.3, -0.25) is 9.58 Å². The molecule has 7 heteroatoms. The van der Waals surface area contributed by atoms with E-state index in [4.69, 9.17) is 9.47 Å². The van der Waals surface area contributed by atoms with Gasteiger partial charge in [0.1, 0.15) is 12.4 Å². The Hall–Kier alpha value is -2.90. The van der Waals surface area contributed by atoms with Crippen molar-refractivity contribution in [2.45, 2.75) is 44.4 Å². The quantitative estimate of drug-likeness (QED) is 0.464. The number of para-hydroxylation sites is 1. The van der Waals surface area contributed by atoms with E-state index in [0.717, 1.165) is 44.8 Å². The number of halogens is 1. The van der Waals surface area contributed by atoms with Crippen molar-refractivity contribution in [3.05, 3.63) is 78.4 Å². The Bertz CT molecular complexity index is 981. The highest BCUT2D eigenvalue weighted by Gasteiger charge is 2.31. The number of nitrogens with zero attached hydrogens (tertiary/aromatic N) is 3. The second kappa shape index (κ2) is 11.3. The van der Waals surface area contributed by atoms with Gasteiger partial charge in [-0.25, -0.2) is 4.39 Å². The first kappa shape index (κ1) is 23.3. The largest absolute Gasteiger partial charge is 0.494 e. The molecule has 3 aromatic rings. The van der Waals surface area contributed by atoms with Crippen LogP contribution in [0.5, 0.6) is 11.5 Å². The molecule has 33 heavy (non-hydrogen) atoms. The normalized spacial score (nSPS) is 19.2. The zero-order valence-corrected chi connectivity index (χ0v) is 18.9. The van der Waals surface area contributed by atoms with Crippen molar-refractivity contribution in [1.82, 2.24) is 14.7 Å². The SMILES string of the molecule is O[C@]1(COc2ccccc2F)CCCN(Cc2ccc(OCCCn3cccn3)cc2)CC1. The Morgan fingerprint density at radius 1 is 1.00 bits per heavy atom. The minimum Gasteiger partial charge on any atom is -0.494 e. The van der Waals surface area contributed by atoms with E-state index < -0.39 is 11.4 Å². The van der Waals surface area contributed by atoms with Gasteiger partial charge in [-0.05, 0) is 61.7 Å². The highest BCUT2D eigenvalue weighted by Crippen LogP contribution is 2.26. The van der Waals surface area contributed by atoms with Gasteiger partial charge in [-0.15, -0.1) is 0 Å². The predicted octanol–water partition coefficient (Wildman–Crippen LogP) is 4.29. The minimum absolute atomic E-state index is 0.105. The Balaban J connectivity index is 1.20. The van der Waals surface area contributed by atoms with Gasteiger partial charge in [-0.2, -0.15) is 5.10 Å². The van der Waals surface area contributed by atoms with E-state index in [9.17, 15) is 9.50 Å². The molecule has 4 rings (SSSR count). The van der Waals surface area contributed by atoms with Gasteiger partial charge in [-0.1, -0.05) is 24.3 Å². The highest BCUT2D eigenvalue weighted by atomic mass is 19.1. The summed E-state index contributed by atoms with van der Waals surface area (Å²) in [4.78, 5) is 2.35. The van der Waals surface area contributed by atoms with Gasteiger partial charge >= 0.3 is 0 Å². The number of aromatic nitrogens is 2. The summed E-state index contributed by atoms with van der Waals surface area (Å²) in [6.07, 6.45) is 6.75. The molecule has 6 nitrogen and oxygen atoms in total. The van der Waals surface area contributed by atoms with Crippen LogP contribution in [0.3, 0.4) is 0 Å². The molecule has 2 aromatic carbocycles. The monoisotopic (exact) mass is 453 g/mol. The first-order chi connectivity index (χ1) is 16.1. The van der Waals surface area contributed by atoms with Crippen molar-refractivity contribution in [2.24, 2.45) is 0 Å². The molecule has 0 amide bonds. The van der Waals surface area contributed by atoms with Crippen LogP contribution in [0, 0.1) is 5.82 Å². The van der Waals surface area contributed by atoms with Crippen molar-refractivity contribution in [1.29, 1.82) is 0 Å². The zero-order chi connectivity index (χ0) is 22.9. The standard InChI is InChI=1S/C26H32FN3O3/c27-24-6-1-2-7-25(24)33-21-26(31)12-3-15-29(18-13-26)20-22-8-10-23(11-9-22)32-19-5-17-30-16-4-14-28-30/h1-2,4,6-11,14,16,31H,3,5,12-13,15,17-21H2/t26-/m1/s1. The summed E-state index contributed by atoms with van der Waals surface area (Å²) in [6.45, 7) is 4.10. The Morgan fingerprint density at radius 3 is 2.64 bits per heavy atom. The lowest BCUT2D eigenvalue weighted by atomic mass is 9.96. The summed E-state index contributed by atoms with van der Waals surface area (Å²) in [5.41, 5.74) is 0.275. The van der Waals surface area contributed by atoms with Gasteiger partial charge in [0.05, 0.1) is 12.2 Å². The molecule has 0 saturated carbocycles. The summed E-state index contributed by atoms with van der Waals surface area (Å²) in [5.74, 6) is 0.659. The van der Waals surface area contributed by atoms with Gasteiger partial charge in [0.25, 0.3) is 0 Å². The lowest BCUT2D eigenvalue weighted by Gasteiger charge is -2.27. The third-order valence-corrected chi connectivity index (χ3v) is 6.03. The molecule has 1 N–H and O–H groups in total. The van der Waals surface area contributed by atoms with Crippen LogP contribution in [-0.4, -0.2) is 51.7 Å². The maximum Gasteiger partial charge on any atom is 0.165 e. The predicted molar refractivity (Wildman–Crippen MR) is 125 cm³/mol. The highest BCUT2D eigenvalue weighted by molar-refractivity contribution is 5.27. The van der Waals surface area contributed by atoms with Crippen LogP contribution in [0.2, 0.25) is 0 Å². The molecule has 1 aliphatic heterocycles. The Kier molecular flexibility index (Phi) is 7.96. The molecule has 0 radical (unpaired) electrons. The molecule has 0 bridgehead atoms. The lowest BCUT2D eigenvalue weighted by molar-refractivity contribution is -0.0177. The van der Waals surface area contributed by atoms with Crippen LogP contribution in [0.4, 0.5) is 4.39 Å². The van der Waals surface area contributed by atoms with E-state index in [-0.39, 0.29) is 12.4 Å². The third-order valence-electron chi connectivity index (χ3n) is 6.03. The van der Waals surface area contributed by atoms with E-state index in [2.05, 4.69) is 22.1 Å². The van der Waals surface area contributed by atoms with Gasteiger partial charge < -0.3 is 14.6 Å². The second-order valence-electron chi connectivity index (χ2n) is 8.69. The van der Waals surface area contributed by atoms with Crippen molar-refractivity contribution in [2.75, 3.05) is 26.3 Å². The number of ether oxygens (including phenoxy) is 2. The molecule has 1 fully saturated rings. The fraction of sp³-hybridized carbons (Fsp3) is 0.423. The van der Waals surface area contributed by atoms with Crippen molar-refractivity contribution in [3.63, 3.8) is 0 Å². The molecule has 0 spiro atoms. The molecule has 2 heterocycles. The smallest absolute Gasteiger partial charge is 0.165 e. The molecule has 1 saturated heterocycles. The van der Waals surface area contributed by atoms with Crippen LogP contribution in [-0.2, 0) is 13.1 Å². The molecule has 1 atom stereocenters. The second-order valence-corrected chi connectivity index (χ2v) is 8.69. The van der Waals surface area contributed by atoms with Gasteiger partial charge in [0.15, 0.2) is 11.6 Å². The van der Waals surface area contributed by atoms with E-state index >= 15 is 0 Å². The summed E-state index contributed by atoms with van der Waals surface area (Å²) < 4.78 is 27.1. The number of rotatable bonds is 10. The van der Waals surface area contributed by atoms with Crippen LogP contribution in [0.15, 0.2) is 67.0 Å². The molecular weight excluding hydrogens is 421 g/mol. The molecule has 0 unspecified atom stereocenters. The van der Waals surface area contributed by atoms with Gasteiger partial charge in [0, 0.05) is 38.4 Å². The number of aryl methyl sites for hydroxylation is 1. The fourth-order valence-electron chi connectivity index (χ4n) is 4.11. The van der Waals surface area contributed by atoms with E-state index in [0.29, 0.717) is 19.4 Å². The van der Waals surface area contributed by atoms with Crippen LogP contribution in [0.25, 0.3) is 0 Å². The molecule has 0 aliphatic carbocycles. The number of hydrogen-bond donors (Lipinski definition) is 1. The average molecular weight is 454 g/mol. The number of hydrogen-bond acceptors (Lipinski definition) is 5. The van der Waals surface area contributed by atoms with E-state index in [1.807, 2.05) is 29.1 Å². The number of benzene rings is 2. The summed E-state index contributed by atoms with van der Waals surface area (Å²) in [5, 5.41) is 15.2. The fourth-order valence-corrected chi connectivity index (χ4v) is 4.11. The van der Waals surface area contributed by atoms with Crippen molar-refractivity contribution < 1.29 is 19.0 Å². The van der Waals surface area contributed by atoms with Crippen molar-refractivity contribution in [3.8, 4) is 11.5 Å².